The van der Waals surface area contributed by atoms with Gasteiger partial charge in [-0.25, -0.2) is 4.98 Å². The molecule has 0 aliphatic heterocycles. The van der Waals surface area contributed by atoms with Crippen molar-refractivity contribution in [3.63, 3.8) is 0 Å². The smallest absolute Gasteiger partial charge is 0.230 e. The molecule has 0 fully saturated rings. The van der Waals surface area contributed by atoms with E-state index < -0.39 is 0 Å². The predicted octanol–water partition coefficient (Wildman–Crippen LogP) is 2.14. The summed E-state index contributed by atoms with van der Waals surface area (Å²) < 4.78 is 3.70. The van der Waals surface area contributed by atoms with Crippen molar-refractivity contribution >= 4 is 16.7 Å². The maximum absolute atomic E-state index is 12.5. The van der Waals surface area contributed by atoms with Crippen LogP contribution >= 0.6 is 0 Å². The van der Waals surface area contributed by atoms with Crippen LogP contribution in [0, 0.1) is 0 Å². The van der Waals surface area contributed by atoms with Crippen LogP contribution in [0.25, 0.3) is 10.9 Å². The van der Waals surface area contributed by atoms with Gasteiger partial charge in [0.05, 0.1) is 5.56 Å². The average Bonchev–Trinajstić information content (AvgIpc) is 2.94. The van der Waals surface area contributed by atoms with E-state index in [9.17, 15) is 4.79 Å². The summed E-state index contributed by atoms with van der Waals surface area (Å²) in [5, 5.41) is 0.966. The van der Waals surface area contributed by atoms with Crippen molar-refractivity contribution in [2.45, 2.75) is 0 Å². The third-order valence-corrected chi connectivity index (χ3v) is 3.17. The van der Waals surface area contributed by atoms with Gasteiger partial charge >= 0.3 is 0 Å². The van der Waals surface area contributed by atoms with E-state index in [1.54, 1.807) is 17.0 Å². The van der Waals surface area contributed by atoms with Crippen LogP contribution in [0.15, 0.2) is 42.9 Å². The van der Waals surface area contributed by atoms with Crippen LogP contribution in [-0.2, 0) is 14.1 Å². The van der Waals surface area contributed by atoms with Crippen molar-refractivity contribution in [1.29, 1.82) is 0 Å². The molecule has 0 saturated carbocycles. The van der Waals surface area contributed by atoms with Crippen molar-refractivity contribution in [1.82, 2.24) is 14.1 Å². The summed E-state index contributed by atoms with van der Waals surface area (Å²) in [5.41, 5.74) is 1.75. The van der Waals surface area contributed by atoms with E-state index in [0.29, 0.717) is 11.4 Å². The zero-order valence-corrected chi connectivity index (χ0v) is 10.3. The van der Waals surface area contributed by atoms with Gasteiger partial charge in [-0.2, -0.15) is 0 Å². The van der Waals surface area contributed by atoms with E-state index in [-0.39, 0.29) is 5.78 Å². The van der Waals surface area contributed by atoms with Crippen LogP contribution in [0.1, 0.15) is 16.2 Å². The zero-order chi connectivity index (χ0) is 12.7. The summed E-state index contributed by atoms with van der Waals surface area (Å²) in [5.74, 6) is 0.422. The van der Waals surface area contributed by atoms with E-state index in [4.69, 9.17) is 0 Å². The lowest BCUT2D eigenvalue weighted by molar-refractivity contribution is 0.102. The Balaban J connectivity index is 2.21. The molecule has 2 aromatic heterocycles. The Morgan fingerprint density at radius 1 is 1.17 bits per heavy atom. The number of hydrogen-bond donors (Lipinski definition) is 0. The fourth-order valence-corrected chi connectivity index (χ4v) is 2.23. The molecule has 0 spiro atoms. The largest absolute Gasteiger partial charge is 0.350 e. The van der Waals surface area contributed by atoms with Gasteiger partial charge in [0.25, 0.3) is 0 Å². The molecular weight excluding hydrogens is 226 g/mol. The average molecular weight is 239 g/mol. The van der Waals surface area contributed by atoms with Gasteiger partial charge in [-0.3, -0.25) is 4.79 Å². The Kier molecular flexibility index (Phi) is 2.30. The number of rotatable bonds is 2. The summed E-state index contributed by atoms with van der Waals surface area (Å²) in [6, 6.07) is 7.88. The molecule has 2 heterocycles. The lowest BCUT2D eigenvalue weighted by Crippen LogP contribution is -2.08. The number of ketones is 1. The Labute approximate surface area is 104 Å². The Morgan fingerprint density at radius 2 is 1.94 bits per heavy atom. The Morgan fingerprint density at radius 3 is 2.67 bits per heavy atom. The van der Waals surface area contributed by atoms with Crippen molar-refractivity contribution in [2.24, 2.45) is 14.1 Å². The summed E-state index contributed by atoms with van der Waals surface area (Å²) in [4.78, 5) is 16.6. The Bertz CT molecular complexity index is 736. The molecule has 0 unspecified atom stereocenters. The number of nitrogens with zero attached hydrogens (tertiary/aromatic N) is 3. The molecule has 4 heteroatoms. The minimum absolute atomic E-state index is 0.0423. The quantitative estimate of drug-likeness (QED) is 0.643. The van der Waals surface area contributed by atoms with Gasteiger partial charge in [0.15, 0.2) is 5.82 Å². The number of aromatic nitrogens is 3. The van der Waals surface area contributed by atoms with Crippen LogP contribution in [0.4, 0.5) is 0 Å². The first-order chi connectivity index (χ1) is 8.68. The lowest BCUT2D eigenvalue weighted by Gasteiger charge is -1.99. The third kappa shape index (κ3) is 1.46. The monoisotopic (exact) mass is 239 g/mol. The molecule has 18 heavy (non-hydrogen) atoms. The fraction of sp³-hybridized carbons (Fsp3) is 0.143. The number of benzene rings is 1. The number of imidazole rings is 1. The fourth-order valence-electron chi connectivity index (χ4n) is 2.23. The highest BCUT2D eigenvalue weighted by Crippen LogP contribution is 2.22. The third-order valence-electron chi connectivity index (χ3n) is 3.17. The van der Waals surface area contributed by atoms with E-state index in [0.717, 1.165) is 10.9 Å². The second-order valence-electron chi connectivity index (χ2n) is 4.36. The van der Waals surface area contributed by atoms with Crippen LogP contribution in [-0.4, -0.2) is 19.9 Å². The van der Waals surface area contributed by atoms with Crippen molar-refractivity contribution in [3.05, 3.63) is 54.2 Å². The minimum Gasteiger partial charge on any atom is -0.350 e. The number of para-hydroxylation sites is 1. The van der Waals surface area contributed by atoms with Gasteiger partial charge in [0, 0.05) is 43.6 Å². The number of hydrogen-bond acceptors (Lipinski definition) is 2. The summed E-state index contributed by atoms with van der Waals surface area (Å²) >= 11 is 0. The SMILES string of the molecule is Cn1ccnc1C(=O)c1cn(C)c2ccccc12. The van der Waals surface area contributed by atoms with Gasteiger partial charge in [-0.15, -0.1) is 0 Å². The zero-order valence-electron chi connectivity index (χ0n) is 10.3. The van der Waals surface area contributed by atoms with Gasteiger partial charge in [-0.1, -0.05) is 18.2 Å². The molecule has 3 rings (SSSR count). The molecule has 0 atom stereocenters. The van der Waals surface area contributed by atoms with Gasteiger partial charge in [-0.05, 0) is 6.07 Å². The highest BCUT2D eigenvalue weighted by atomic mass is 16.1. The normalized spacial score (nSPS) is 11.0. The van der Waals surface area contributed by atoms with E-state index >= 15 is 0 Å². The predicted molar refractivity (Wildman–Crippen MR) is 69.6 cm³/mol. The molecule has 0 radical (unpaired) electrons. The molecule has 0 amide bonds. The standard InChI is InChI=1S/C14H13N3O/c1-16-8-7-15-14(16)13(18)11-9-17(2)12-6-4-3-5-10(11)12/h3-9H,1-2H3. The van der Waals surface area contributed by atoms with Crippen LogP contribution in [0.2, 0.25) is 0 Å². The summed E-state index contributed by atoms with van der Waals surface area (Å²) in [7, 11) is 3.77. The highest BCUT2D eigenvalue weighted by molar-refractivity contribution is 6.14. The van der Waals surface area contributed by atoms with Crippen LogP contribution in [0.3, 0.4) is 0 Å². The molecule has 0 aliphatic rings. The molecule has 3 aromatic rings. The first kappa shape index (κ1) is 10.8. The van der Waals surface area contributed by atoms with Crippen LogP contribution < -0.4 is 0 Å². The second-order valence-corrected chi connectivity index (χ2v) is 4.36. The molecule has 0 saturated heterocycles. The summed E-state index contributed by atoms with van der Waals surface area (Å²) in [6.07, 6.45) is 5.28. The van der Waals surface area contributed by atoms with E-state index in [2.05, 4.69) is 4.98 Å². The topological polar surface area (TPSA) is 39.8 Å². The van der Waals surface area contributed by atoms with Gasteiger partial charge in [0.2, 0.25) is 5.78 Å². The van der Waals surface area contributed by atoms with Crippen LogP contribution in [0.5, 0.6) is 0 Å². The number of fused-ring (bicyclic) bond motifs is 1. The van der Waals surface area contributed by atoms with Gasteiger partial charge < -0.3 is 9.13 Å². The minimum atomic E-state index is -0.0423. The Hall–Kier alpha value is -2.36. The first-order valence-corrected chi connectivity index (χ1v) is 5.74. The number of carbonyl (C=O) groups excluding carboxylic acids is 1. The van der Waals surface area contributed by atoms with Crippen molar-refractivity contribution < 1.29 is 4.79 Å². The first-order valence-electron chi connectivity index (χ1n) is 5.74. The van der Waals surface area contributed by atoms with Crippen molar-refractivity contribution in [3.8, 4) is 0 Å². The van der Waals surface area contributed by atoms with E-state index in [1.807, 2.05) is 49.1 Å². The van der Waals surface area contributed by atoms with E-state index in [1.165, 1.54) is 0 Å². The summed E-state index contributed by atoms with van der Waals surface area (Å²) in [6.45, 7) is 0. The lowest BCUT2D eigenvalue weighted by atomic mass is 10.1. The molecule has 1 aromatic carbocycles. The van der Waals surface area contributed by atoms with Gasteiger partial charge in [0.1, 0.15) is 0 Å². The molecular formula is C14H13N3O. The maximum Gasteiger partial charge on any atom is 0.230 e. The molecule has 4 nitrogen and oxygen atoms in total. The molecule has 0 N–H and O–H groups in total. The number of aryl methyl sites for hydroxylation is 2. The molecule has 0 aliphatic carbocycles. The maximum atomic E-state index is 12.5. The molecule has 90 valence electrons. The second kappa shape index (κ2) is 3.84. The number of carbonyl (C=O) groups is 1. The molecule has 0 bridgehead atoms. The highest BCUT2D eigenvalue weighted by Gasteiger charge is 2.18. The van der Waals surface area contributed by atoms with Crippen molar-refractivity contribution in [2.75, 3.05) is 0 Å².